The summed E-state index contributed by atoms with van der Waals surface area (Å²) < 4.78 is 40.5. The van der Waals surface area contributed by atoms with Crippen LogP contribution in [-0.2, 0) is 31.9 Å². The van der Waals surface area contributed by atoms with Crippen LogP contribution in [0.25, 0.3) is 5.00 Å². The first kappa shape index (κ1) is 23.4. The molecule has 0 bridgehead atoms. The van der Waals surface area contributed by atoms with Crippen LogP contribution in [0.3, 0.4) is 0 Å². The zero-order valence-electron chi connectivity index (χ0n) is 19.4. The summed E-state index contributed by atoms with van der Waals surface area (Å²) in [5.74, 6) is 1.58. The van der Waals surface area contributed by atoms with E-state index in [1.807, 2.05) is 31.3 Å². The number of hydrogen-bond donors (Lipinski definition) is 0. The van der Waals surface area contributed by atoms with Gasteiger partial charge in [0.1, 0.15) is 16.9 Å². The molecule has 2 aliphatic rings. The first-order chi connectivity index (χ1) is 17.3. The molecule has 184 valence electrons. The van der Waals surface area contributed by atoms with Crippen molar-refractivity contribution in [3.8, 4) is 5.00 Å². The second-order valence-electron chi connectivity index (χ2n) is 9.25. The number of halogens is 4. The molecule has 3 heterocycles. The van der Waals surface area contributed by atoms with Crippen molar-refractivity contribution in [2.75, 3.05) is 0 Å². The van der Waals surface area contributed by atoms with Gasteiger partial charge in [-0.05, 0) is 73.9 Å². The van der Waals surface area contributed by atoms with Gasteiger partial charge in [0, 0.05) is 27.2 Å². The molecule has 9 heteroatoms. The average molecular weight is 527 g/mol. The van der Waals surface area contributed by atoms with E-state index in [-0.39, 0.29) is 6.04 Å². The van der Waals surface area contributed by atoms with E-state index in [1.165, 1.54) is 34.6 Å². The van der Waals surface area contributed by atoms with E-state index in [2.05, 4.69) is 14.8 Å². The number of thiophene rings is 1. The van der Waals surface area contributed by atoms with E-state index in [0.717, 1.165) is 58.3 Å². The van der Waals surface area contributed by atoms with Crippen LogP contribution in [-0.4, -0.2) is 21.0 Å². The minimum absolute atomic E-state index is 0.376. The standard InChI is InChI=1S/C27H22ClF3N4S/c1-15-33-34-25-24(32-14-21-19-3-2-4-23(19)36-26(21)35(15)25)20-12-9-17(13-22(20)28)6-5-16-7-10-18(11-8-16)27(29,30)31/h7-14,24H,2-6H2,1H3. The maximum atomic E-state index is 12.8. The Hall–Kier alpha value is -2.97. The third-order valence-electron chi connectivity index (χ3n) is 6.94. The van der Waals surface area contributed by atoms with Crippen molar-refractivity contribution in [2.24, 2.45) is 4.99 Å². The number of aryl methyl sites for hydroxylation is 4. The molecule has 0 saturated carbocycles. The molecule has 4 aromatic rings. The SMILES string of the molecule is Cc1nnc2n1-c1sc3c(c1C=NC2c1ccc(CCc2ccc(C(F)(F)F)cc2)cc1Cl)CCC3. The fourth-order valence-electron chi connectivity index (χ4n) is 5.05. The molecule has 0 N–H and O–H groups in total. The van der Waals surface area contributed by atoms with Gasteiger partial charge in [-0.1, -0.05) is 35.9 Å². The highest BCUT2D eigenvalue weighted by atomic mass is 35.5. The first-order valence-electron chi connectivity index (χ1n) is 11.8. The molecule has 6 rings (SSSR count). The van der Waals surface area contributed by atoms with Crippen LogP contribution in [0.1, 0.15) is 62.4 Å². The van der Waals surface area contributed by atoms with Gasteiger partial charge in [0.2, 0.25) is 0 Å². The molecule has 36 heavy (non-hydrogen) atoms. The van der Waals surface area contributed by atoms with E-state index in [0.29, 0.717) is 17.9 Å². The van der Waals surface area contributed by atoms with Crippen molar-refractivity contribution >= 4 is 29.2 Å². The van der Waals surface area contributed by atoms with Crippen LogP contribution >= 0.6 is 22.9 Å². The van der Waals surface area contributed by atoms with Crippen molar-refractivity contribution in [1.29, 1.82) is 0 Å². The van der Waals surface area contributed by atoms with E-state index < -0.39 is 11.7 Å². The summed E-state index contributed by atoms with van der Waals surface area (Å²) in [5.41, 5.74) is 4.64. The molecule has 1 aliphatic carbocycles. The summed E-state index contributed by atoms with van der Waals surface area (Å²) in [4.78, 5) is 6.36. The van der Waals surface area contributed by atoms with Crippen molar-refractivity contribution < 1.29 is 13.2 Å². The smallest absolute Gasteiger partial charge is 0.276 e. The van der Waals surface area contributed by atoms with E-state index >= 15 is 0 Å². The lowest BCUT2D eigenvalue weighted by atomic mass is 9.99. The Labute approximate surface area is 215 Å². The van der Waals surface area contributed by atoms with E-state index in [1.54, 1.807) is 11.3 Å². The molecule has 2 aromatic heterocycles. The van der Waals surface area contributed by atoms with Crippen molar-refractivity contribution in [1.82, 2.24) is 14.8 Å². The van der Waals surface area contributed by atoms with Gasteiger partial charge in [-0.25, -0.2) is 0 Å². The number of aliphatic imine (C=N–C) groups is 1. The average Bonchev–Trinajstić information content (AvgIpc) is 3.51. The van der Waals surface area contributed by atoms with Gasteiger partial charge >= 0.3 is 6.18 Å². The highest BCUT2D eigenvalue weighted by Crippen LogP contribution is 2.42. The normalized spacial score (nSPS) is 16.5. The van der Waals surface area contributed by atoms with Gasteiger partial charge in [0.15, 0.2) is 5.82 Å². The van der Waals surface area contributed by atoms with E-state index in [9.17, 15) is 13.2 Å². The van der Waals surface area contributed by atoms with Gasteiger partial charge in [-0.2, -0.15) is 13.2 Å². The number of fused-ring (bicyclic) bond motifs is 5. The third-order valence-corrected chi connectivity index (χ3v) is 8.56. The van der Waals surface area contributed by atoms with Gasteiger partial charge < -0.3 is 0 Å². The minimum Gasteiger partial charge on any atom is -0.276 e. The summed E-state index contributed by atoms with van der Waals surface area (Å²) in [6.45, 7) is 1.96. The quantitative estimate of drug-likeness (QED) is 0.284. The highest BCUT2D eigenvalue weighted by molar-refractivity contribution is 7.15. The first-order valence-corrected chi connectivity index (χ1v) is 13.0. The maximum absolute atomic E-state index is 12.8. The third kappa shape index (κ3) is 4.06. The molecule has 1 atom stereocenters. The Morgan fingerprint density at radius 3 is 2.53 bits per heavy atom. The molecule has 0 radical (unpaired) electrons. The van der Waals surface area contributed by atoms with E-state index in [4.69, 9.17) is 16.6 Å². The fraction of sp³-hybridized carbons (Fsp3) is 0.296. The number of aromatic nitrogens is 3. The molecule has 4 nitrogen and oxygen atoms in total. The Morgan fingerprint density at radius 1 is 1.03 bits per heavy atom. The van der Waals surface area contributed by atoms with Gasteiger partial charge in [0.25, 0.3) is 0 Å². The Bertz CT molecular complexity index is 1480. The highest BCUT2D eigenvalue weighted by Gasteiger charge is 2.32. The largest absolute Gasteiger partial charge is 0.416 e. The molecule has 0 saturated heterocycles. The Kier molecular flexibility index (Phi) is 5.76. The van der Waals surface area contributed by atoms with Crippen LogP contribution < -0.4 is 0 Å². The Morgan fingerprint density at radius 2 is 1.78 bits per heavy atom. The van der Waals surface area contributed by atoms with Crippen molar-refractivity contribution in [2.45, 2.75) is 51.2 Å². The van der Waals surface area contributed by atoms with Crippen LogP contribution in [0, 0.1) is 6.92 Å². The number of benzene rings is 2. The summed E-state index contributed by atoms with van der Waals surface area (Å²) in [5, 5.41) is 10.6. The lowest BCUT2D eigenvalue weighted by Gasteiger charge is -2.15. The second kappa shape index (κ2) is 8.85. The van der Waals surface area contributed by atoms with Gasteiger partial charge in [-0.3, -0.25) is 9.56 Å². The second-order valence-corrected chi connectivity index (χ2v) is 10.7. The predicted octanol–water partition coefficient (Wildman–Crippen LogP) is 7.11. The molecule has 1 unspecified atom stereocenters. The molecule has 0 spiro atoms. The summed E-state index contributed by atoms with van der Waals surface area (Å²) in [7, 11) is 0. The lowest BCUT2D eigenvalue weighted by Crippen LogP contribution is -2.07. The lowest BCUT2D eigenvalue weighted by molar-refractivity contribution is -0.137. The van der Waals surface area contributed by atoms with Crippen LogP contribution in [0.15, 0.2) is 47.5 Å². The number of nitrogens with zero attached hydrogens (tertiary/aromatic N) is 4. The maximum Gasteiger partial charge on any atom is 0.416 e. The Balaban J connectivity index is 1.26. The van der Waals surface area contributed by atoms with Crippen molar-refractivity contribution in [3.05, 3.63) is 97.4 Å². The van der Waals surface area contributed by atoms with Gasteiger partial charge in [0.05, 0.1) is 5.56 Å². The van der Waals surface area contributed by atoms with Crippen LogP contribution in [0.4, 0.5) is 13.2 Å². The summed E-state index contributed by atoms with van der Waals surface area (Å²) in [6.07, 6.45) is 2.30. The van der Waals surface area contributed by atoms with Crippen LogP contribution in [0.2, 0.25) is 5.02 Å². The topological polar surface area (TPSA) is 43.1 Å². The minimum atomic E-state index is -4.32. The molecule has 0 fully saturated rings. The molecule has 0 amide bonds. The molecular formula is C27H22ClF3N4S. The van der Waals surface area contributed by atoms with Crippen molar-refractivity contribution in [3.63, 3.8) is 0 Å². The number of rotatable bonds is 4. The predicted molar refractivity (Wildman–Crippen MR) is 136 cm³/mol. The molecule has 1 aliphatic heterocycles. The molecule has 2 aromatic carbocycles. The summed E-state index contributed by atoms with van der Waals surface area (Å²) >= 11 is 8.57. The number of alkyl halides is 3. The zero-order valence-corrected chi connectivity index (χ0v) is 21.0. The van der Waals surface area contributed by atoms with Crippen LogP contribution in [0.5, 0.6) is 0 Å². The monoisotopic (exact) mass is 526 g/mol. The number of hydrogen-bond acceptors (Lipinski definition) is 4. The van der Waals surface area contributed by atoms with Gasteiger partial charge in [-0.15, -0.1) is 21.5 Å². The molecular weight excluding hydrogens is 505 g/mol. The fourth-order valence-corrected chi connectivity index (χ4v) is 6.78. The zero-order chi connectivity index (χ0) is 25.0. The summed E-state index contributed by atoms with van der Waals surface area (Å²) in [6, 6.07) is 10.8.